The molecule has 36 heavy (non-hydrogen) atoms. The van der Waals surface area contributed by atoms with Crippen LogP contribution in [-0.4, -0.2) is 25.1 Å². The Morgan fingerprint density at radius 2 is 1.39 bits per heavy atom. The number of rotatable bonds is 6. The first kappa shape index (κ1) is 24.2. The monoisotopic (exact) mass is 482 g/mol. The molecular formula is C32H32F2N2. The first-order valence-electron chi connectivity index (χ1n) is 12.7. The Morgan fingerprint density at radius 1 is 0.722 bits per heavy atom. The van der Waals surface area contributed by atoms with Crippen LogP contribution in [-0.2, 0) is 6.42 Å². The lowest BCUT2D eigenvalue weighted by molar-refractivity contribution is 0.220. The second-order valence-electron chi connectivity index (χ2n) is 9.73. The Kier molecular flexibility index (Phi) is 7.15. The van der Waals surface area contributed by atoms with Crippen LogP contribution in [0.2, 0.25) is 0 Å². The summed E-state index contributed by atoms with van der Waals surface area (Å²) in [7, 11) is 2.13. The Balaban J connectivity index is 1.45. The number of hydrogen-bond donors (Lipinski definition) is 0. The van der Waals surface area contributed by atoms with Crippen molar-refractivity contribution in [2.45, 2.75) is 32.6 Å². The van der Waals surface area contributed by atoms with E-state index in [0.29, 0.717) is 5.56 Å². The minimum Gasteiger partial charge on any atom is -0.309 e. The molecule has 4 heteroatoms. The SMILES string of the molecule is Cc1ccc(-c2ccc(Cc3ccc(-c4cccc(F)c4)cc3N(C)N3CCCCC3)cc2)cc1F. The number of benzene rings is 4. The zero-order chi connectivity index (χ0) is 25.1. The topological polar surface area (TPSA) is 6.48 Å². The maximum atomic E-state index is 14.1. The average molecular weight is 483 g/mol. The van der Waals surface area contributed by atoms with E-state index in [-0.39, 0.29) is 11.6 Å². The first-order chi connectivity index (χ1) is 17.5. The summed E-state index contributed by atoms with van der Waals surface area (Å²) in [6.45, 7) is 3.87. The van der Waals surface area contributed by atoms with E-state index in [9.17, 15) is 8.78 Å². The second kappa shape index (κ2) is 10.6. The van der Waals surface area contributed by atoms with Crippen LogP contribution in [0.3, 0.4) is 0 Å². The number of anilines is 1. The van der Waals surface area contributed by atoms with Gasteiger partial charge in [0, 0.05) is 20.1 Å². The zero-order valence-electron chi connectivity index (χ0n) is 21.0. The van der Waals surface area contributed by atoms with Crippen molar-refractivity contribution in [1.29, 1.82) is 0 Å². The molecule has 184 valence electrons. The van der Waals surface area contributed by atoms with Gasteiger partial charge in [0.1, 0.15) is 11.6 Å². The van der Waals surface area contributed by atoms with E-state index in [2.05, 4.69) is 59.5 Å². The van der Waals surface area contributed by atoms with E-state index in [0.717, 1.165) is 47.5 Å². The van der Waals surface area contributed by atoms with Crippen molar-refractivity contribution in [3.05, 3.63) is 113 Å². The summed E-state index contributed by atoms with van der Waals surface area (Å²) in [5.41, 5.74) is 7.99. The van der Waals surface area contributed by atoms with Gasteiger partial charge in [0.25, 0.3) is 0 Å². The van der Waals surface area contributed by atoms with Crippen molar-refractivity contribution in [2.24, 2.45) is 0 Å². The van der Waals surface area contributed by atoms with Crippen LogP contribution in [0, 0.1) is 18.6 Å². The maximum absolute atomic E-state index is 14.1. The smallest absolute Gasteiger partial charge is 0.126 e. The van der Waals surface area contributed by atoms with E-state index in [1.54, 1.807) is 25.1 Å². The van der Waals surface area contributed by atoms with Crippen molar-refractivity contribution in [1.82, 2.24) is 5.01 Å². The van der Waals surface area contributed by atoms with E-state index in [4.69, 9.17) is 0 Å². The molecule has 1 heterocycles. The van der Waals surface area contributed by atoms with Gasteiger partial charge in [0.2, 0.25) is 0 Å². The van der Waals surface area contributed by atoms with Crippen LogP contribution in [0.5, 0.6) is 0 Å². The van der Waals surface area contributed by atoms with Gasteiger partial charge in [-0.15, -0.1) is 0 Å². The molecule has 0 spiro atoms. The zero-order valence-corrected chi connectivity index (χ0v) is 21.0. The third-order valence-corrected chi connectivity index (χ3v) is 7.20. The van der Waals surface area contributed by atoms with E-state index in [1.807, 2.05) is 18.2 Å². The highest BCUT2D eigenvalue weighted by atomic mass is 19.1. The van der Waals surface area contributed by atoms with Gasteiger partial charge in [-0.1, -0.05) is 67.1 Å². The molecule has 0 amide bonds. The van der Waals surface area contributed by atoms with Crippen molar-refractivity contribution in [2.75, 3.05) is 25.1 Å². The Morgan fingerprint density at radius 3 is 2.11 bits per heavy atom. The minimum atomic E-state index is -0.226. The molecule has 0 aliphatic carbocycles. The van der Waals surface area contributed by atoms with Gasteiger partial charge in [-0.05, 0) is 89.4 Å². The first-order valence-corrected chi connectivity index (χ1v) is 12.7. The van der Waals surface area contributed by atoms with E-state index in [1.165, 1.54) is 36.5 Å². The highest BCUT2D eigenvalue weighted by molar-refractivity contribution is 5.71. The Labute approximate surface area is 212 Å². The van der Waals surface area contributed by atoms with Gasteiger partial charge in [-0.3, -0.25) is 0 Å². The molecule has 1 aliphatic heterocycles. The minimum absolute atomic E-state index is 0.180. The predicted molar refractivity (Wildman–Crippen MR) is 145 cm³/mol. The molecule has 0 unspecified atom stereocenters. The van der Waals surface area contributed by atoms with E-state index < -0.39 is 0 Å². The average Bonchev–Trinajstić information content (AvgIpc) is 2.91. The lowest BCUT2D eigenvalue weighted by Gasteiger charge is -2.37. The normalized spacial score (nSPS) is 14.1. The van der Waals surface area contributed by atoms with Gasteiger partial charge in [0.05, 0.1) is 5.69 Å². The molecule has 4 aromatic rings. The third-order valence-electron chi connectivity index (χ3n) is 7.20. The van der Waals surface area contributed by atoms with Gasteiger partial charge < -0.3 is 5.01 Å². The molecule has 1 fully saturated rings. The fourth-order valence-corrected chi connectivity index (χ4v) is 5.00. The molecule has 0 radical (unpaired) electrons. The molecule has 1 saturated heterocycles. The van der Waals surface area contributed by atoms with Gasteiger partial charge in [-0.2, -0.15) is 0 Å². The fraction of sp³-hybridized carbons (Fsp3) is 0.250. The summed E-state index contributed by atoms with van der Waals surface area (Å²) < 4.78 is 28.0. The highest BCUT2D eigenvalue weighted by Gasteiger charge is 2.19. The number of nitrogens with zero attached hydrogens (tertiary/aromatic N) is 2. The summed E-state index contributed by atoms with van der Waals surface area (Å²) in [6.07, 6.45) is 4.45. The lowest BCUT2D eigenvalue weighted by Crippen LogP contribution is -2.43. The molecule has 1 aliphatic rings. The maximum Gasteiger partial charge on any atom is 0.126 e. The summed E-state index contributed by atoms with van der Waals surface area (Å²) in [5, 5.41) is 4.69. The van der Waals surface area contributed by atoms with Crippen molar-refractivity contribution >= 4 is 5.69 Å². The lowest BCUT2D eigenvalue weighted by atomic mass is 9.96. The molecule has 0 atom stereocenters. The molecule has 4 aromatic carbocycles. The standard InChI is InChI=1S/C32H32F2N2/c1-23-9-12-27(21-31(23)34)25-13-10-24(11-14-25)19-29-16-15-28(26-7-6-8-30(33)20-26)22-32(29)35(2)36-17-4-3-5-18-36/h6-16,20-22H,3-5,17-19H2,1-2H3. The van der Waals surface area contributed by atoms with Crippen molar-refractivity contribution in [3.8, 4) is 22.3 Å². The van der Waals surface area contributed by atoms with Crippen LogP contribution in [0.15, 0.2) is 84.9 Å². The van der Waals surface area contributed by atoms with Crippen LogP contribution < -0.4 is 5.01 Å². The summed E-state index contributed by atoms with van der Waals surface area (Å²) >= 11 is 0. The molecular weight excluding hydrogens is 450 g/mol. The number of aryl methyl sites for hydroxylation is 1. The summed E-state index contributed by atoms with van der Waals surface area (Å²) in [4.78, 5) is 0. The molecule has 2 nitrogen and oxygen atoms in total. The highest BCUT2D eigenvalue weighted by Crippen LogP contribution is 2.32. The van der Waals surface area contributed by atoms with Gasteiger partial charge in [-0.25, -0.2) is 13.8 Å². The van der Waals surface area contributed by atoms with Crippen LogP contribution in [0.25, 0.3) is 22.3 Å². The fourth-order valence-electron chi connectivity index (χ4n) is 5.00. The van der Waals surface area contributed by atoms with Crippen LogP contribution in [0.1, 0.15) is 36.0 Å². The number of halogens is 2. The molecule has 0 N–H and O–H groups in total. The Bertz CT molecular complexity index is 1340. The number of piperidine rings is 1. The van der Waals surface area contributed by atoms with E-state index >= 15 is 0 Å². The molecule has 5 rings (SSSR count). The number of hydrogen-bond acceptors (Lipinski definition) is 2. The molecule has 0 saturated carbocycles. The third kappa shape index (κ3) is 5.34. The van der Waals surface area contributed by atoms with Crippen LogP contribution in [0.4, 0.5) is 14.5 Å². The van der Waals surface area contributed by atoms with Gasteiger partial charge in [0.15, 0.2) is 0 Å². The molecule has 0 bridgehead atoms. The largest absolute Gasteiger partial charge is 0.309 e. The van der Waals surface area contributed by atoms with Crippen molar-refractivity contribution in [3.63, 3.8) is 0 Å². The number of hydrazine groups is 1. The molecule has 0 aromatic heterocycles. The predicted octanol–water partition coefficient (Wildman–Crippen LogP) is 8.04. The summed E-state index contributed by atoms with van der Waals surface area (Å²) in [5.74, 6) is -0.406. The van der Waals surface area contributed by atoms with Crippen LogP contribution >= 0.6 is 0 Å². The van der Waals surface area contributed by atoms with Crippen molar-refractivity contribution < 1.29 is 8.78 Å². The second-order valence-corrected chi connectivity index (χ2v) is 9.73. The Hall–Kier alpha value is -3.50. The quantitative estimate of drug-likeness (QED) is 0.274. The summed E-state index contributed by atoms with van der Waals surface area (Å²) in [6, 6.07) is 27.0. The van der Waals surface area contributed by atoms with Gasteiger partial charge >= 0.3 is 0 Å².